The second-order valence-corrected chi connectivity index (χ2v) is 23.0. The Morgan fingerprint density at radius 3 is 1.73 bits per heavy atom. The summed E-state index contributed by atoms with van der Waals surface area (Å²) < 4.78 is 6.66. The molecule has 0 N–H and O–H groups in total. The first-order valence-corrected chi connectivity index (χ1v) is 25.8. The largest absolute Gasteiger partial charge is 0.501 e. The van der Waals surface area contributed by atoms with Gasteiger partial charge in [-0.05, 0) is 62.8 Å². The molecule has 4 heterocycles. The summed E-state index contributed by atoms with van der Waals surface area (Å²) in [6.45, 7) is 16.0. The minimum atomic E-state index is -1.23. The summed E-state index contributed by atoms with van der Waals surface area (Å²) in [5, 5.41) is 3.42. The van der Waals surface area contributed by atoms with Crippen LogP contribution in [0.1, 0.15) is 50.7 Å². The number of pyridine rings is 2. The topological polar surface area (TPSA) is 77.6 Å². The number of furan rings is 1. The molecule has 6 aromatic carbocycles. The van der Waals surface area contributed by atoms with Crippen molar-refractivity contribution in [3.63, 3.8) is 0 Å². The maximum absolute atomic E-state index is 6.66. The average molecular weight is 1050 g/mol. The van der Waals surface area contributed by atoms with Gasteiger partial charge in [-0.3, -0.25) is 0 Å². The van der Waals surface area contributed by atoms with Gasteiger partial charge >= 0.3 is 0 Å². The number of benzene rings is 6. The molecule has 4 aromatic heterocycles. The molecule has 8 heteroatoms. The Balaban J connectivity index is 0.000000295. The third kappa shape index (κ3) is 9.78. The van der Waals surface area contributed by atoms with E-state index in [0.29, 0.717) is 29.3 Å². The summed E-state index contributed by atoms with van der Waals surface area (Å²) in [6, 6.07) is 60.0. The van der Waals surface area contributed by atoms with E-state index >= 15 is 0 Å². The number of rotatable bonds is 9. The van der Waals surface area contributed by atoms with E-state index < -0.39 is 8.07 Å². The molecule has 0 atom stereocenters. The predicted molar refractivity (Wildman–Crippen MR) is 271 cm³/mol. The van der Waals surface area contributed by atoms with E-state index in [1.807, 2.05) is 109 Å². The van der Waals surface area contributed by atoms with Crippen molar-refractivity contribution >= 4 is 35.2 Å². The molecule has 10 aromatic rings. The first-order chi connectivity index (χ1) is 31.5. The van der Waals surface area contributed by atoms with Crippen LogP contribution in [0.15, 0.2) is 175 Å². The van der Waals surface area contributed by atoms with Gasteiger partial charge in [0.2, 0.25) is 0 Å². The fraction of sp³-hybridized carbons (Fsp3) is 0.155. The van der Waals surface area contributed by atoms with E-state index in [2.05, 4.69) is 125 Å². The maximum atomic E-state index is 6.66. The van der Waals surface area contributed by atoms with E-state index in [4.69, 9.17) is 24.4 Å². The molecule has 0 bridgehead atoms. The minimum absolute atomic E-state index is 0. The molecule has 0 saturated heterocycles. The molecule has 0 aliphatic rings. The first kappa shape index (κ1) is 45.8. The van der Waals surface area contributed by atoms with Crippen LogP contribution in [-0.2, 0) is 20.1 Å². The summed E-state index contributed by atoms with van der Waals surface area (Å²) in [4.78, 5) is 24.0. The third-order valence-electron chi connectivity index (χ3n) is 11.7. The Hall–Kier alpha value is -6.70. The summed E-state index contributed by atoms with van der Waals surface area (Å²) in [6.07, 6.45) is 3.91. The fourth-order valence-electron chi connectivity index (χ4n) is 8.17. The molecule has 10 rings (SSSR count). The van der Waals surface area contributed by atoms with Crippen molar-refractivity contribution in [2.75, 3.05) is 0 Å². The van der Waals surface area contributed by atoms with Gasteiger partial charge in [0.05, 0.1) is 13.7 Å². The van der Waals surface area contributed by atoms with Crippen LogP contribution in [0.4, 0.5) is 0 Å². The van der Waals surface area contributed by atoms with Gasteiger partial charge in [-0.1, -0.05) is 167 Å². The zero-order valence-electron chi connectivity index (χ0n) is 38.3. The van der Waals surface area contributed by atoms with E-state index in [1.54, 1.807) is 0 Å². The van der Waals surface area contributed by atoms with Crippen molar-refractivity contribution in [1.82, 2.24) is 24.9 Å². The van der Waals surface area contributed by atoms with Crippen LogP contribution in [-0.4, -0.2) is 33.0 Å². The molecule has 0 spiro atoms. The molecule has 0 aliphatic heterocycles. The van der Waals surface area contributed by atoms with Crippen molar-refractivity contribution in [2.45, 2.75) is 59.2 Å². The Morgan fingerprint density at radius 1 is 0.515 bits per heavy atom. The molecule has 66 heavy (non-hydrogen) atoms. The quantitative estimate of drug-likeness (QED) is 0.106. The second-order valence-electron chi connectivity index (χ2n) is 18.0. The van der Waals surface area contributed by atoms with Crippen molar-refractivity contribution < 1.29 is 24.5 Å². The molecule has 0 fully saturated rings. The Labute approximate surface area is 402 Å². The van der Waals surface area contributed by atoms with Crippen LogP contribution in [0, 0.1) is 12.1 Å². The van der Waals surface area contributed by atoms with Crippen molar-refractivity contribution in [3.05, 3.63) is 193 Å². The van der Waals surface area contributed by atoms with E-state index in [-0.39, 0.29) is 20.1 Å². The van der Waals surface area contributed by atoms with Gasteiger partial charge in [0.15, 0.2) is 17.5 Å². The molecule has 1 radical (unpaired) electrons. The van der Waals surface area contributed by atoms with Gasteiger partial charge < -0.3 is 14.4 Å². The number of nitrogens with zero attached hydrogens (tertiary/aromatic N) is 5. The molecule has 6 nitrogen and oxygen atoms in total. The second kappa shape index (κ2) is 19.8. The van der Waals surface area contributed by atoms with E-state index in [0.717, 1.165) is 66.7 Å². The predicted octanol–water partition coefficient (Wildman–Crippen LogP) is 14.6. The summed E-state index contributed by atoms with van der Waals surface area (Å²) in [5.41, 5.74) is 13.1. The van der Waals surface area contributed by atoms with E-state index in [9.17, 15) is 0 Å². The number of fused-ring (bicyclic) bond motifs is 3. The minimum Gasteiger partial charge on any atom is -0.501 e. The van der Waals surface area contributed by atoms with E-state index in [1.165, 1.54) is 21.9 Å². The molecule has 0 amide bonds. The van der Waals surface area contributed by atoms with Crippen molar-refractivity contribution in [1.29, 1.82) is 0 Å². The van der Waals surface area contributed by atoms with Gasteiger partial charge in [-0.25, -0.2) is 15.0 Å². The SMILES string of the molecule is CC(C)c1cccc(C(C)C)c1-c1ccnc(-c2[c-]ccc3c2oc2cc(-c4nc(-c5ccccc5)nc(-c5ccccc5)n4)ccc23)c1.C[Si](C)(C)c1ccc(-c2[c-]cccc2)nc1.[Ir]. The molecule has 329 valence electrons. The first-order valence-electron chi connectivity index (χ1n) is 22.3. The third-order valence-corrected chi connectivity index (χ3v) is 13.7. The van der Waals surface area contributed by atoms with Crippen LogP contribution in [0.3, 0.4) is 0 Å². The zero-order valence-corrected chi connectivity index (χ0v) is 41.7. The smallest absolute Gasteiger partial charge is 0.164 e. The van der Waals surface area contributed by atoms with Crippen LogP contribution in [0.5, 0.6) is 0 Å². The van der Waals surface area contributed by atoms with Crippen LogP contribution in [0.25, 0.3) is 89.7 Å². The standard InChI is InChI=1S/C44H35N4O.C14H16NSi.Ir/c1-27(2)33-17-11-18-34(28(3)4)40(33)31-23-24-45-38(25-31)37-20-12-19-36-35-22-21-32(26-39(35)49-41(36)37)44-47-42(29-13-7-5-8-14-29)46-43(48-44)30-15-9-6-10-16-30;1-16(2,3)13-9-10-14(15-11-13)12-7-5-4-6-8-12;/h5-19,21-28H,1-4H3;4-7,9-11H,1-3H3;/q2*-1;. The van der Waals surface area contributed by atoms with Gasteiger partial charge in [0.25, 0.3) is 0 Å². The zero-order chi connectivity index (χ0) is 45.1. The number of hydrogen-bond donors (Lipinski definition) is 0. The van der Waals surface area contributed by atoms with Crippen LogP contribution < -0.4 is 5.19 Å². The molecule has 0 aliphatic carbocycles. The maximum Gasteiger partial charge on any atom is 0.164 e. The normalized spacial score (nSPS) is 11.4. The Bertz CT molecular complexity index is 3150. The summed E-state index contributed by atoms with van der Waals surface area (Å²) in [7, 11) is -1.23. The molecule has 0 unspecified atom stereocenters. The number of aromatic nitrogens is 5. The number of hydrogen-bond acceptors (Lipinski definition) is 6. The monoisotopic (exact) mass is 1050 g/mol. The fourth-order valence-corrected chi connectivity index (χ4v) is 9.20. The average Bonchev–Trinajstić information content (AvgIpc) is 3.73. The van der Waals surface area contributed by atoms with Crippen molar-refractivity contribution in [2.24, 2.45) is 0 Å². The molecular weight excluding hydrogens is 1000 g/mol. The van der Waals surface area contributed by atoms with Gasteiger partial charge in [-0.15, -0.1) is 54.1 Å². The molecular formula is C58H51IrN5OSi-2. The van der Waals surface area contributed by atoms with Gasteiger partial charge in [-0.2, -0.15) is 0 Å². The Kier molecular flexibility index (Phi) is 13.8. The summed E-state index contributed by atoms with van der Waals surface area (Å²) >= 11 is 0. The summed E-state index contributed by atoms with van der Waals surface area (Å²) in [5.74, 6) is 2.61. The Morgan fingerprint density at radius 2 is 1.15 bits per heavy atom. The molecule has 0 saturated carbocycles. The van der Waals surface area contributed by atoms with Crippen LogP contribution >= 0.6 is 0 Å². The van der Waals surface area contributed by atoms with Crippen LogP contribution in [0.2, 0.25) is 19.6 Å². The van der Waals surface area contributed by atoms with Crippen molar-refractivity contribution in [3.8, 4) is 67.8 Å². The van der Waals surface area contributed by atoms with Gasteiger partial charge in [0, 0.05) is 54.6 Å². The van der Waals surface area contributed by atoms with Gasteiger partial charge in [0.1, 0.15) is 5.58 Å².